The third kappa shape index (κ3) is 3.42. The summed E-state index contributed by atoms with van der Waals surface area (Å²) >= 11 is 0. The van der Waals surface area contributed by atoms with Crippen molar-refractivity contribution in [3.63, 3.8) is 0 Å². The quantitative estimate of drug-likeness (QED) is 0.750. The van der Waals surface area contributed by atoms with E-state index in [1.807, 2.05) is 0 Å². The molecule has 2 aliphatic carbocycles. The lowest BCUT2D eigenvalue weighted by molar-refractivity contribution is -0.120. The zero-order valence-corrected chi connectivity index (χ0v) is 10.7. The predicted molar refractivity (Wildman–Crippen MR) is 66.7 cm³/mol. The predicted octanol–water partition coefficient (Wildman–Crippen LogP) is 0.890. The molecule has 2 fully saturated rings. The highest BCUT2D eigenvalue weighted by Crippen LogP contribution is 2.33. The number of aliphatic hydroxyl groups is 1. The fraction of sp³-hybridized carbons (Fsp3) is 0.923. The molecule has 0 spiro atoms. The monoisotopic (exact) mass is 240 g/mol. The van der Waals surface area contributed by atoms with Crippen LogP contribution in [0.5, 0.6) is 0 Å². The number of amides is 1. The van der Waals surface area contributed by atoms with Crippen LogP contribution in [0.2, 0.25) is 0 Å². The molecule has 2 rings (SSSR count). The molecule has 0 heterocycles. The van der Waals surface area contributed by atoms with Crippen molar-refractivity contribution in [2.45, 2.75) is 63.6 Å². The molecular weight excluding hydrogens is 216 g/mol. The lowest BCUT2D eigenvalue weighted by Crippen LogP contribution is -2.54. The first kappa shape index (κ1) is 12.8. The van der Waals surface area contributed by atoms with Crippen LogP contribution < -0.4 is 5.32 Å². The average Bonchev–Trinajstić information content (AvgIpc) is 3.10. The SMILES string of the molecule is CC(=O)N[C@H]1CCCC[C@@H]1N(CCO)C1CC1. The minimum Gasteiger partial charge on any atom is -0.395 e. The van der Waals surface area contributed by atoms with Gasteiger partial charge in [-0.1, -0.05) is 12.8 Å². The van der Waals surface area contributed by atoms with Crippen LogP contribution in [-0.2, 0) is 4.79 Å². The van der Waals surface area contributed by atoms with Crippen LogP contribution >= 0.6 is 0 Å². The smallest absolute Gasteiger partial charge is 0.217 e. The van der Waals surface area contributed by atoms with Gasteiger partial charge < -0.3 is 10.4 Å². The maximum Gasteiger partial charge on any atom is 0.217 e. The molecule has 0 unspecified atom stereocenters. The van der Waals surface area contributed by atoms with Gasteiger partial charge in [-0.25, -0.2) is 0 Å². The molecule has 17 heavy (non-hydrogen) atoms. The first-order valence-electron chi connectivity index (χ1n) is 6.86. The number of nitrogens with zero attached hydrogens (tertiary/aromatic N) is 1. The molecule has 2 atom stereocenters. The lowest BCUT2D eigenvalue weighted by Gasteiger charge is -2.40. The summed E-state index contributed by atoms with van der Waals surface area (Å²) in [5.41, 5.74) is 0. The van der Waals surface area contributed by atoms with Crippen molar-refractivity contribution in [3.05, 3.63) is 0 Å². The highest BCUT2D eigenvalue weighted by Gasteiger charge is 2.38. The van der Waals surface area contributed by atoms with Crippen LogP contribution in [0, 0.1) is 0 Å². The number of carbonyl (C=O) groups is 1. The zero-order valence-electron chi connectivity index (χ0n) is 10.7. The van der Waals surface area contributed by atoms with E-state index in [0.717, 1.165) is 19.4 Å². The Labute approximate surface area is 103 Å². The Balaban J connectivity index is 1.99. The van der Waals surface area contributed by atoms with Crippen LogP contribution in [0.4, 0.5) is 0 Å². The van der Waals surface area contributed by atoms with Crippen LogP contribution in [0.3, 0.4) is 0 Å². The average molecular weight is 240 g/mol. The molecule has 0 aliphatic heterocycles. The number of carbonyl (C=O) groups excluding carboxylic acids is 1. The summed E-state index contributed by atoms with van der Waals surface area (Å²) in [5.74, 6) is 0.0710. The van der Waals surface area contributed by atoms with E-state index in [2.05, 4.69) is 10.2 Å². The Morgan fingerprint density at radius 2 is 2.00 bits per heavy atom. The second-order valence-corrected chi connectivity index (χ2v) is 5.35. The van der Waals surface area contributed by atoms with Gasteiger partial charge in [0.05, 0.1) is 6.61 Å². The second kappa shape index (κ2) is 5.83. The molecule has 0 bridgehead atoms. The minimum absolute atomic E-state index is 0.0710. The summed E-state index contributed by atoms with van der Waals surface area (Å²) in [4.78, 5) is 13.7. The standard InChI is InChI=1S/C13H24N2O2/c1-10(17)14-12-4-2-3-5-13(12)15(8-9-16)11-6-7-11/h11-13,16H,2-9H2,1H3,(H,14,17)/t12-,13-/m0/s1. The minimum atomic E-state index is 0.0710. The van der Waals surface area contributed by atoms with Gasteiger partial charge in [-0.05, 0) is 25.7 Å². The molecule has 2 saturated carbocycles. The molecular formula is C13H24N2O2. The van der Waals surface area contributed by atoms with E-state index < -0.39 is 0 Å². The first-order chi connectivity index (χ1) is 8.22. The van der Waals surface area contributed by atoms with E-state index >= 15 is 0 Å². The number of aliphatic hydroxyl groups excluding tert-OH is 1. The normalized spacial score (nSPS) is 29.4. The molecule has 0 aromatic carbocycles. The van der Waals surface area contributed by atoms with E-state index in [9.17, 15) is 9.90 Å². The largest absolute Gasteiger partial charge is 0.395 e. The molecule has 0 aromatic heterocycles. The fourth-order valence-corrected chi connectivity index (χ4v) is 3.08. The van der Waals surface area contributed by atoms with Gasteiger partial charge in [0.25, 0.3) is 0 Å². The van der Waals surface area contributed by atoms with E-state index in [-0.39, 0.29) is 18.6 Å². The summed E-state index contributed by atoms with van der Waals surface area (Å²) in [5, 5.41) is 12.3. The van der Waals surface area contributed by atoms with Crippen molar-refractivity contribution in [2.24, 2.45) is 0 Å². The van der Waals surface area contributed by atoms with Gasteiger partial charge in [0, 0.05) is 31.6 Å². The molecule has 98 valence electrons. The number of hydrogen-bond donors (Lipinski definition) is 2. The van der Waals surface area contributed by atoms with E-state index in [0.29, 0.717) is 12.1 Å². The van der Waals surface area contributed by atoms with Crippen molar-refractivity contribution >= 4 is 5.91 Å². The van der Waals surface area contributed by atoms with E-state index in [1.54, 1.807) is 6.92 Å². The Morgan fingerprint density at radius 3 is 2.59 bits per heavy atom. The van der Waals surface area contributed by atoms with E-state index in [4.69, 9.17) is 0 Å². The van der Waals surface area contributed by atoms with Gasteiger partial charge in [-0.15, -0.1) is 0 Å². The summed E-state index contributed by atoms with van der Waals surface area (Å²) in [7, 11) is 0. The fourth-order valence-electron chi connectivity index (χ4n) is 3.08. The third-order valence-corrected chi connectivity index (χ3v) is 3.92. The highest BCUT2D eigenvalue weighted by atomic mass is 16.3. The molecule has 0 saturated heterocycles. The van der Waals surface area contributed by atoms with E-state index in [1.165, 1.54) is 25.7 Å². The topological polar surface area (TPSA) is 52.6 Å². The van der Waals surface area contributed by atoms with Crippen molar-refractivity contribution in [2.75, 3.05) is 13.2 Å². The maximum absolute atomic E-state index is 11.2. The van der Waals surface area contributed by atoms with Gasteiger partial charge in [0.15, 0.2) is 0 Å². The Bertz CT molecular complexity index is 266. The zero-order chi connectivity index (χ0) is 12.3. The van der Waals surface area contributed by atoms with Gasteiger partial charge in [-0.3, -0.25) is 9.69 Å². The van der Waals surface area contributed by atoms with Crippen molar-refractivity contribution in [1.82, 2.24) is 10.2 Å². The number of hydrogen-bond acceptors (Lipinski definition) is 3. The Morgan fingerprint density at radius 1 is 1.29 bits per heavy atom. The first-order valence-corrected chi connectivity index (χ1v) is 6.86. The second-order valence-electron chi connectivity index (χ2n) is 5.35. The van der Waals surface area contributed by atoms with Gasteiger partial charge in [0.1, 0.15) is 0 Å². The molecule has 4 nitrogen and oxygen atoms in total. The molecule has 0 radical (unpaired) electrons. The van der Waals surface area contributed by atoms with Crippen LogP contribution in [0.1, 0.15) is 45.4 Å². The van der Waals surface area contributed by atoms with Crippen LogP contribution in [0.15, 0.2) is 0 Å². The number of nitrogens with one attached hydrogen (secondary N) is 1. The molecule has 4 heteroatoms. The maximum atomic E-state index is 11.2. The van der Waals surface area contributed by atoms with Gasteiger partial charge in [0.2, 0.25) is 5.91 Å². The Kier molecular flexibility index (Phi) is 4.40. The van der Waals surface area contributed by atoms with Gasteiger partial charge >= 0.3 is 0 Å². The molecule has 0 aromatic rings. The summed E-state index contributed by atoms with van der Waals surface area (Å²) < 4.78 is 0. The lowest BCUT2D eigenvalue weighted by atomic mass is 9.89. The number of rotatable bonds is 5. The highest BCUT2D eigenvalue weighted by molar-refractivity contribution is 5.73. The van der Waals surface area contributed by atoms with Crippen LogP contribution in [-0.4, -0.2) is 47.2 Å². The summed E-state index contributed by atoms with van der Waals surface area (Å²) in [6, 6.07) is 1.38. The van der Waals surface area contributed by atoms with Crippen molar-refractivity contribution in [3.8, 4) is 0 Å². The van der Waals surface area contributed by atoms with Crippen LogP contribution in [0.25, 0.3) is 0 Å². The van der Waals surface area contributed by atoms with Gasteiger partial charge in [-0.2, -0.15) is 0 Å². The molecule has 2 aliphatic rings. The molecule has 2 N–H and O–H groups in total. The summed E-state index contributed by atoms with van der Waals surface area (Å²) in [6.07, 6.45) is 7.20. The summed E-state index contributed by atoms with van der Waals surface area (Å²) in [6.45, 7) is 2.57. The van der Waals surface area contributed by atoms with Crippen molar-refractivity contribution in [1.29, 1.82) is 0 Å². The molecule has 1 amide bonds. The third-order valence-electron chi connectivity index (χ3n) is 3.92. The van der Waals surface area contributed by atoms with Crippen molar-refractivity contribution < 1.29 is 9.90 Å². The Hall–Kier alpha value is -0.610.